The summed E-state index contributed by atoms with van der Waals surface area (Å²) in [4.78, 5) is 32.5. The Morgan fingerprint density at radius 1 is 1.06 bits per heavy atom. The molecule has 1 saturated heterocycles. The van der Waals surface area contributed by atoms with Crippen LogP contribution < -0.4 is 20.5 Å². The summed E-state index contributed by atoms with van der Waals surface area (Å²) in [5.74, 6) is 1.18. The van der Waals surface area contributed by atoms with Crippen LogP contribution in [-0.4, -0.2) is 35.7 Å². The van der Waals surface area contributed by atoms with Crippen molar-refractivity contribution in [2.75, 3.05) is 25.1 Å². The zero-order valence-electron chi connectivity index (χ0n) is 17.8. The van der Waals surface area contributed by atoms with Crippen LogP contribution in [0, 0.1) is 0 Å². The monoisotopic (exact) mass is 420 g/mol. The number of anilines is 1. The zero-order valence-corrected chi connectivity index (χ0v) is 17.8. The van der Waals surface area contributed by atoms with Crippen LogP contribution in [0.5, 0.6) is 5.75 Å². The molecule has 0 saturated carbocycles. The van der Waals surface area contributed by atoms with Gasteiger partial charge < -0.3 is 19.5 Å². The van der Waals surface area contributed by atoms with Gasteiger partial charge in [0.15, 0.2) is 5.82 Å². The summed E-state index contributed by atoms with van der Waals surface area (Å²) in [5, 5.41) is 2.93. The molecule has 1 aliphatic heterocycles. The molecule has 0 unspecified atom stereocenters. The molecule has 1 N–H and O–H groups in total. The van der Waals surface area contributed by atoms with Gasteiger partial charge in [-0.15, -0.1) is 0 Å². The van der Waals surface area contributed by atoms with Crippen molar-refractivity contribution in [2.45, 2.75) is 38.8 Å². The van der Waals surface area contributed by atoms with Crippen molar-refractivity contribution in [2.24, 2.45) is 0 Å². The van der Waals surface area contributed by atoms with Gasteiger partial charge in [0, 0.05) is 32.6 Å². The van der Waals surface area contributed by atoms with Gasteiger partial charge in [-0.05, 0) is 49.1 Å². The first-order chi connectivity index (χ1) is 15.2. The number of hydrogen-bond donors (Lipinski definition) is 1. The Kier molecular flexibility index (Phi) is 6.50. The Labute approximate surface area is 181 Å². The second kappa shape index (κ2) is 9.64. The number of hydrogen-bond acceptors (Lipinski definition) is 5. The normalized spacial score (nSPS) is 13.9. The van der Waals surface area contributed by atoms with Crippen molar-refractivity contribution < 1.29 is 9.53 Å². The van der Waals surface area contributed by atoms with E-state index in [1.807, 2.05) is 48.5 Å². The number of carbonyl (C=O) groups is 1. The molecule has 3 aromatic rings. The third-order valence-electron chi connectivity index (χ3n) is 5.70. The maximum absolute atomic E-state index is 13.2. The molecule has 0 aliphatic carbocycles. The quantitative estimate of drug-likeness (QED) is 0.636. The topological polar surface area (TPSA) is 76.5 Å². The van der Waals surface area contributed by atoms with E-state index in [2.05, 4.69) is 15.2 Å². The minimum Gasteiger partial charge on any atom is -0.497 e. The van der Waals surface area contributed by atoms with Gasteiger partial charge in [0.2, 0.25) is 5.91 Å². The lowest BCUT2D eigenvalue weighted by Crippen LogP contribution is -2.37. The number of methoxy groups -OCH3 is 1. The number of nitrogens with one attached hydrogen (secondary N) is 1. The maximum Gasteiger partial charge on any atom is 0.294 e. The van der Waals surface area contributed by atoms with Crippen LogP contribution in [0.4, 0.5) is 5.82 Å². The van der Waals surface area contributed by atoms with E-state index in [9.17, 15) is 9.59 Å². The fourth-order valence-electron chi connectivity index (χ4n) is 3.96. The van der Waals surface area contributed by atoms with E-state index in [0.717, 1.165) is 48.3 Å². The molecule has 0 bridgehead atoms. The molecule has 7 nitrogen and oxygen atoms in total. The van der Waals surface area contributed by atoms with Gasteiger partial charge in [-0.1, -0.05) is 24.3 Å². The fraction of sp³-hybridized carbons (Fsp3) is 0.375. The molecule has 7 heteroatoms. The van der Waals surface area contributed by atoms with Crippen LogP contribution in [0.25, 0.3) is 11.0 Å². The number of benzene rings is 2. The van der Waals surface area contributed by atoms with Crippen molar-refractivity contribution in [1.82, 2.24) is 14.9 Å². The predicted octanol–water partition coefficient (Wildman–Crippen LogP) is 3.10. The minimum atomic E-state index is -0.122. The predicted molar refractivity (Wildman–Crippen MR) is 122 cm³/mol. The van der Waals surface area contributed by atoms with Crippen molar-refractivity contribution >= 4 is 22.8 Å². The summed E-state index contributed by atoms with van der Waals surface area (Å²) in [6, 6.07) is 15.2. The highest BCUT2D eigenvalue weighted by atomic mass is 16.5. The Balaban J connectivity index is 1.48. The van der Waals surface area contributed by atoms with Gasteiger partial charge in [-0.2, -0.15) is 0 Å². The van der Waals surface area contributed by atoms with Gasteiger partial charge in [0.1, 0.15) is 5.75 Å². The van der Waals surface area contributed by atoms with E-state index < -0.39 is 0 Å². The lowest BCUT2D eigenvalue weighted by molar-refractivity contribution is -0.121. The SMILES string of the molecule is COc1ccc(CNC(=O)CCn2c(=O)c(N3CCCCC3)nc3ccccc32)cc1. The third-order valence-corrected chi connectivity index (χ3v) is 5.70. The molecule has 2 heterocycles. The van der Waals surface area contributed by atoms with E-state index in [1.165, 1.54) is 6.42 Å². The van der Waals surface area contributed by atoms with E-state index in [4.69, 9.17) is 4.74 Å². The highest BCUT2D eigenvalue weighted by Gasteiger charge is 2.19. The lowest BCUT2D eigenvalue weighted by Gasteiger charge is -2.27. The summed E-state index contributed by atoms with van der Waals surface area (Å²) in [7, 11) is 1.62. The van der Waals surface area contributed by atoms with Crippen LogP contribution in [-0.2, 0) is 17.9 Å². The number of rotatable bonds is 7. The molecule has 31 heavy (non-hydrogen) atoms. The average molecular weight is 421 g/mol. The standard InChI is InChI=1S/C24H28N4O3/c1-31-19-11-9-18(10-12-19)17-25-22(29)13-16-28-21-8-4-3-7-20(21)26-23(24(28)30)27-14-5-2-6-15-27/h3-4,7-12H,2,5-6,13-17H2,1H3,(H,25,29). The number of aryl methyl sites for hydroxylation is 1. The Bertz CT molecular complexity index is 1100. The number of para-hydroxylation sites is 2. The highest BCUT2D eigenvalue weighted by Crippen LogP contribution is 2.18. The van der Waals surface area contributed by atoms with Crippen molar-refractivity contribution in [1.29, 1.82) is 0 Å². The molecular formula is C24H28N4O3. The first-order valence-electron chi connectivity index (χ1n) is 10.8. The largest absolute Gasteiger partial charge is 0.497 e. The number of aromatic nitrogens is 2. The molecule has 0 spiro atoms. The first kappa shape index (κ1) is 20.9. The maximum atomic E-state index is 13.2. The lowest BCUT2D eigenvalue weighted by atomic mass is 10.1. The smallest absolute Gasteiger partial charge is 0.294 e. The number of piperidine rings is 1. The van der Waals surface area contributed by atoms with E-state index in [1.54, 1.807) is 11.7 Å². The number of nitrogens with zero attached hydrogens (tertiary/aromatic N) is 3. The van der Waals surface area contributed by atoms with Crippen molar-refractivity contribution in [3.05, 3.63) is 64.4 Å². The van der Waals surface area contributed by atoms with Crippen LogP contribution >= 0.6 is 0 Å². The van der Waals surface area contributed by atoms with Crippen molar-refractivity contribution in [3.63, 3.8) is 0 Å². The first-order valence-corrected chi connectivity index (χ1v) is 10.8. The van der Waals surface area contributed by atoms with Crippen LogP contribution in [0.2, 0.25) is 0 Å². The number of fused-ring (bicyclic) bond motifs is 1. The molecule has 162 valence electrons. The number of carbonyl (C=O) groups excluding carboxylic acids is 1. The second-order valence-electron chi connectivity index (χ2n) is 7.80. The third kappa shape index (κ3) is 4.87. The van der Waals surface area contributed by atoms with E-state index >= 15 is 0 Å². The molecule has 1 fully saturated rings. The number of amides is 1. The van der Waals surface area contributed by atoms with E-state index in [-0.39, 0.29) is 17.9 Å². The molecule has 4 rings (SSSR count). The Morgan fingerprint density at radius 3 is 2.55 bits per heavy atom. The van der Waals surface area contributed by atoms with Gasteiger partial charge in [-0.25, -0.2) is 4.98 Å². The molecule has 0 atom stereocenters. The average Bonchev–Trinajstić information content (AvgIpc) is 2.82. The van der Waals surface area contributed by atoms with Crippen LogP contribution in [0.15, 0.2) is 53.3 Å². The Morgan fingerprint density at radius 2 is 1.81 bits per heavy atom. The second-order valence-corrected chi connectivity index (χ2v) is 7.80. The summed E-state index contributed by atoms with van der Waals surface area (Å²) in [6.45, 7) is 2.46. The summed E-state index contributed by atoms with van der Waals surface area (Å²) < 4.78 is 6.85. The minimum absolute atomic E-state index is 0.0943. The fourth-order valence-corrected chi connectivity index (χ4v) is 3.96. The van der Waals surface area contributed by atoms with E-state index in [0.29, 0.717) is 18.9 Å². The summed E-state index contributed by atoms with van der Waals surface area (Å²) in [5.41, 5.74) is 2.41. The highest BCUT2D eigenvalue weighted by molar-refractivity contribution is 5.78. The summed E-state index contributed by atoms with van der Waals surface area (Å²) >= 11 is 0. The van der Waals surface area contributed by atoms with Crippen molar-refractivity contribution in [3.8, 4) is 5.75 Å². The number of ether oxygens (including phenoxy) is 1. The molecule has 2 aromatic carbocycles. The van der Waals surface area contributed by atoms with Crippen LogP contribution in [0.1, 0.15) is 31.2 Å². The van der Waals surface area contributed by atoms with Gasteiger partial charge in [0.25, 0.3) is 5.56 Å². The van der Waals surface area contributed by atoms with Gasteiger partial charge >= 0.3 is 0 Å². The summed E-state index contributed by atoms with van der Waals surface area (Å²) in [6.07, 6.45) is 3.56. The van der Waals surface area contributed by atoms with Gasteiger partial charge in [0.05, 0.1) is 18.1 Å². The van der Waals surface area contributed by atoms with Crippen LogP contribution in [0.3, 0.4) is 0 Å². The molecule has 1 aromatic heterocycles. The zero-order chi connectivity index (χ0) is 21.6. The molecule has 1 aliphatic rings. The molecule has 0 radical (unpaired) electrons. The molecular weight excluding hydrogens is 392 g/mol. The van der Waals surface area contributed by atoms with Gasteiger partial charge in [-0.3, -0.25) is 9.59 Å². The molecule has 1 amide bonds. The Hall–Kier alpha value is -3.35.